The first kappa shape index (κ1) is 16.4. The van der Waals surface area contributed by atoms with Crippen molar-refractivity contribution in [1.82, 2.24) is 5.32 Å². The third-order valence-corrected chi connectivity index (χ3v) is 3.61. The maximum atomic E-state index is 11.5. The maximum Gasteiger partial charge on any atom is 0.322 e. The highest BCUT2D eigenvalue weighted by Crippen LogP contribution is 2.23. The third-order valence-electron chi connectivity index (χ3n) is 3.61. The molecule has 5 heteroatoms. The van der Waals surface area contributed by atoms with Crippen LogP contribution in [0.1, 0.15) is 39.0 Å². The lowest BCUT2D eigenvalue weighted by atomic mass is 9.95. The number of carbonyl (C=O) groups is 1. The van der Waals surface area contributed by atoms with Gasteiger partial charge < -0.3 is 19.5 Å². The Morgan fingerprint density at radius 2 is 2.05 bits per heavy atom. The van der Waals surface area contributed by atoms with Gasteiger partial charge in [0, 0.05) is 13.7 Å². The van der Waals surface area contributed by atoms with E-state index in [1.54, 1.807) is 7.11 Å². The molecular weight excluding hydrogens is 246 g/mol. The van der Waals surface area contributed by atoms with Crippen molar-refractivity contribution in [2.45, 2.75) is 57.3 Å². The van der Waals surface area contributed by atoms with Gasteiger partial charge in [0.25, 0.3) is 0 Å². The summed E-state index contributed by atoms with van der Waals surface area (Å²) >= 11 is 0. The number of esters is 1. The molecule has 19 heavy (non-hydrogen) atoms. The molecule has 1 aliphatic rings. The van der Waals surface area contributed by atoms with E-state index in [1.165, 1.54) is 7.11 Å². The van der Waals surface area contributed by atoms with E-state index >= 15 is 0 Å². The molecule has 1 fully saturated rings. The van der Waals surface area contributed by atoms with E-state index in [4.69, 9.17) is 14.2 Å². The van der Waals surface area contributed by atoms with Crippen LogP contribution in [0.2, 0.25) is 0 Å². The van der Waals surface area contributed by atoms with E-state index in [2.05, 4.69) is 5.32 Å². The Labute approximate surface area is 116 Å². The van der Waals surface area contributed by atoms with Crippen LogP contribution in [0.25, 0.3) is 0 Å². The fraction of sp³-hybridized carbons (Fsp3) is 0.929. The van der Waals surface area contributed by atoms with Crippen molar-refractivity contribution in [2.24, 2.45) is 0 Å². The van der Waals surface area contributed by atoms with Crippen molar-refractivity contribution in [3.05, 3.63) is 0 Å². The van der Waals surface area contributed by atoms with Crippen molar-refractivity contribution in [1.29, 1.82) is 0 Å². The molecule has 0 aromatic carbocycles. The molecule has 0 saturated heterocycles. The predicted molar refractivity (Wildman–Crippen MR) is 73.1 cm³/mol. The van der Waals surface area contributed by atoms with E-state index < -0.39 is 0 Å². The maximum absolute atomic E-state index is 11.5. The number of nitrogens with one attached hydrogen (secondary N) is 1. The van der Waals surface area contributed by atoms with Crippen LogP contribution in [0.15, 0.2) is 0 Å². The molecule has 0 aliphatic heterocycles. The van der Waals surface area contributed by atoms with Gasteiger partial charge in [0.2, 0.25) is 0 Å². The van der Waals surface area contributed by atoms with E-state index in [-0.39, 0.29) is 18.1 Å². The van der Waals surface area contributed by atoms with Gasteiger partial charge in [0.15, 0.2) is 0 Å². The van der Waals surface area contributed by atoms with Gasteiger partial charge in [-0.2, -0.15) is 0 Å². The van der Waals surface area contributed by atoms with Crippen molar-refractivity contribution in [3.8, 4) is 0 Å². The summed E-state index contributed by atoms with van der Waals surface area (Å²) < 4.78 is 16.0. The number of likely N-dealkylation sites (N-methyl/N-ethyl adjacent to an activating group) is 1. The molecule has 0 bridgehead atoms. The van der Waals surface area contributed by atoms with Crippen molar-refractivity contribution in [3.63, 3.8) is 0 Å². The molecule has 1 N–H and O–H groups in total. The summed E-state index contributed by atoms with van der Waals surface area (Å²) in [5, 5.41) is 3.11. The van der Waals surface area contributed by atoms with Crippen LogP contribution >= 0.6 is 0 Å². The zero-order chi connectivity index (χ0) is 14.1. The highest BCUT2D eigenvalue weighted by Gasteiger charge is 2.23. The van der Waals surface area contributed by atoms with Crippen LogP contribution in [0.3, 0.4) is 0 Å². The molecule has 112 valence electrons. The lowest BCUT2D eigenvalue weighted by molar-refractivity contribution is -0.144. The fourth-order valence-electron chi connectivity index (χ4n) is 2.51. The number of carbonyl (C=O) groups excluding carboxylic acids is 1. The summed E-state index contributed by atoms with van der Waals surface area (Å²) in [7, 11) is 3.17. The highest BCUT2D eigenvalue weighted by atomic mass is 16.5. The van der Waals surface area contributed by atoms with Crippen LogP contribution in [0.5, 0.6) is 0 Å². The molecule has 5 nitrogen and oxygen atoms in total. The predicted octanol–water partition coefficient (Wildman–Crippen LogP) is 1.50. The summed E-state index contributed by atoms with van der Waals surface area (Å²) in [6, 6.07) is -0.267. The number of hydrogen-bond acceptors (Lipinski definition) is 5. The second kappa shape index (κ2) is 9.28. The Kier molecular flexibility index (Phi) is 8.02. The van der Waals surface area contributed by atoms with Gasteiger partial charge in [-0.15, -0.1) is 0 Å². The minimum Gasteiger partial charge on any atom is -0.468 e. The van der Waals surface area contributed by atoms with E-state index in [1.807, 2.05) is 6.92 Å². The number of hydrogen-bond donors (Lipinski definition) is 1. The molecule has 0 aromatic heterocycles. The monoisotopic (exact) mass is 273 g/mol. The zero-order valence-corrected chi connectivity index (χ0v) is 12.3. The second-order valence-electron chi connectivity index (χ2n) is 4.94. The van der Waals surface area contributed by atoms with E-state index in [9.17, 15) is 4.79 Å². The largest absolute Gasteiger partial charge is 0.468 e. The summed E-state index contributed by atoms with van der Waals surface area (Å²) in [5.74, 6) is -0.219. The summed E-state index contributed by atoms with van der Waals surface area (Å²) in [6.45, 7) is 3.30. The molecule has 0 aromatic rings. The molecule has 0 radical (unpaired) electrons. The van der Waals surface area contributed by atoms with Gasteiger partial charge in [-0.05, 0) is 38.6 Å². The molecule has 0 spiro atoms. The van der Waals surface area contributed by atoms with Crippen LogP contribution in [-0.4, -0.2) is 51.6 Å². The van der Waals surface area contributed by atoms with Gasteiger partial charge in [-0.3, -0.25) is 4.79 Å². The minimum atomic E-state index is -0.267. The van der Waals surface area contributed by atoms with Crippen molar-refractivity contribution < 1.29 is 19.0 Å². The van der Waals surface area contributed by atoms with Crippen LogP contribution < -0.4 is 5.32 Å². The molecule has 1 rings (SSSR count). The summed E-state index contributed by atoms with van der Waals surface area (Å²) in [4.78, 5) is 11.5. The average Bonchev–Trinajstić information content (AvgIpc) is 2.45. The van der Waals surface area contributed by atoms with Gasteiger partial charge >= 0.3 is 5.97 Å². The number of rotatable bonds is 8. The first-order chi connectivity index (χ1) is 9.21. The lowest BCUT2D eigenvalue weighted by Crippen LogP contribution is -2.39. The Hall–Kier alpha value is -0.650. The van der Waals surface area contributed by atoms with Crippen LogP contribution in [0.4, 0.5) is 0 Å². The fourth-order valence-corrected chi connectivity index (χ4v) is 2.51. The standard InChI is InChI=1S/C14H27NO4/c1-4-15-13(14(16)18-3)8-9-19-12-7-5-6-11(10-12)17-2/h11-13,15H,4-10H2,1-3H3. The van der Waals surface area contributed by atoms with Crippen LogP contribution in [-0.2, 0) is 19.0 Å². The highest BCUT2D eigenvalue weighted by molar-refractivity contribution is 5.75. The average molecular weight is 273 g/mol. The Morgan fingerprint density at radius 1 is 1.32 bits per heavy atom. The SMILES string of the molecule is CCNC(CCOC1CCCC(OC)C1)C(=O)OC. The molecule has 1 saturated carbocycles. The number of methoxy groups -OCH3 is 2. The Balaban J connectivity index is 2.25. The van der Waals surface area contributed by atoms with Crippen LogP contribution in [0, 0.1) is 0 Å². The lowest BCUT2D eigenvalue weighted by Gasteiger charge is -2.28. The van der Waals surface area contributed by atoms with Crippen molar-refractivity contribution >= 4 is 5.97 Å². The third kappa shape index (κ3) is 5.89. The van der Waals surface area contributed by atoms with E-state index in [0.29, 0.717) is 19.1 Å². The Bertz CT molecular complexity index is 260. The molecule has 1 aliphatic carbocycles. The van der Waals surface area contributed by atoms with E-state index in [0.717, 1.165) is 32.2 Å². The smallest absolute Gasteiger partial charge is 0.322 e. The van der Waals surface area contributed by atoms with Gasteiger partial charge in [-0.25, -0.2) is 0 Å². The second-order valence-corrected chi connectivity index (χ2v) is 4.94. The van der Waals surface area contributed by atoms with Gasteiger partial charge in [0.1, 0.15) is 6.04 Å². The zero-order valence-electron chi connectivity index (χ0n) is 12.3. The molecular formula is C14H27NO4. The summed E-state index contributed by atoms with van der Waals surface area (Å²) in [6.07, 6.45) is 5.55. The number of ether oxygens (including phenoxy) is 3. The topological polar surface area (TPSA) is 56.8 Å². The molecule has 3 atom stereocenters. The first-order valence-corrected chi connectivity index (χ1v) is 7.16. The van der Waals surface area contributed by atoms with Crippen molar-refractivity contribution in [2.75, 3.05) is 27.4 Å². The van der Waals surface area contributed by atoms with Gasteiger partial charge in [0.05, 0.1) is 19.3 Å². The first-order valence-electron chi connectivity index (χ1n) is 7.16. The minimum absolute atomic E-state index is 0.219. The molecule has 0 amide bonds. The quantitative estimate of drug-likeness (QED) is 0.679. The Morgan fingerprint density at radius 3 is 2.68 bits per heavy atom. The molecule has 3 unspecified atom stereocenters. The summed E-state index contributed by atoms with van der Waals surface area (Å²) in [5.41, 5.74) is 0. The normalized spacial score (nSPS) is 25.0. The van der Waals surface area contributed by atoms with Gasteiger partial charge in [-0.1, -0.05) is 6.92 Å². The molecule has 0 heterocycles.